The van der Waals surface area contributed by atoms with Crippen LogP contribution in [0.1, 0.15) is 21.7 Å². The van der Waals surface area contributed by atoms with Gasteiger partial charge in [0.05, 0.1) is 27.7 Å². The Morgan fingerprint density at radius 3 is 2.62 bits per heavy atom. The highest BCUT2D eigenvalue weighted by Crippen LogP contribution is 2.21. The number of amides is 1. The summed E-state index contributed by atoms with van der Waals surface area (Å²) in [5.74, 6) is -0.107. The molecule has 0 spiro atoms. The lowest BCUT2D eigenvalue weighted by atomic mass is 10.2. The Labute approximate surface area is 169 Å². The van der Waals surface area contributed by atoms with E-state index < -0.39 is 10.8 Å². The third-order valence-electron chi connectivity index (χ3n) is 4.09. The molecule has 1 N–H and O–H groups in total. The van der Waals surface area contributed by atoms with Crippen LogP contribution in [-0.4, -0.2) is 36.9 Å². The predicted octanol–water partition coefficient (Wildman–Crippen LogP) is 2.04. The normalized spacial score (nSPS) is 10.7. The van der Waals surface area contributed by atoms with Gasteiger partial charge in [0, 0.05) is 30.4 Å². The van der Waals surface area contributed by atoms with E-state index in [2.05, 4.69) is 15.5 Å². The Morgan fingerprint density at radius 2 is 1.97 bits per heavy atom. The molecule has 0 saturated heterocycles. The first kappa shape index (κ1) is 20.2. The van der Waals surface area contributed by atoms with Gasteiger partial charge in [0.25, 0.3) is 17.2 Å². The number of nitrogens with one attached hydrogen (secondary N) is 1. The van der Waals surface area contributed by atoms with E-state index in [1.54, 1.807) is 10.7 Å². The first-order valence-corrected chi connectivity index (χ1v) is 8.98. The summed E-state index contributed by atoms with van der Waals surface area (Å²) in [5, 5.41) is 22.2. The average molecular weight is 417 g/mol. The van der Waals surface area contributed by atoms with Crippen LogP contribution in [0.25, 0.3) is 5.82 Å². The van der Waals surface area contributed by atoms with Crippen molar-refractivity contribution in [2.45, 2.75) is 20.4 Å². The number of nitro groups is 1. The maximum absolute atomic E-state index is 12.3. The van der Waals surface area contributed by atoms with Crippen LogP contribution in [-0.2, 0) is 6.54 Å². The van der Waals surface area contributed by atoms with Crippen LogP contribution >= 0.6 is 11.6 Å². The largest absolute Gasteiger partial charge is 0.350 e. The van der Waals surface area contributed by atoms with Gasteiger partial charge in [-0.05, 0) is 32.0 Å². The van der Waals surface area contributed by atoms with Crippen molar-refractivity contribution in [3.8, 4) is 5.82 Å². The average Bonchev–Trinajstić information content (AvgIpc) is 3.01. The van der Waals surface area contributed by atoms with Gasteiger partial charge in [0.2, 0.25) is 0 Å². The van der Waals surface area contributed by atoms with Crippen LogP contribution in [0.5, 0.6) is 0 Å². The Bertz CT molecular complexity index is 1150. The second kappa shape index (κ2) is 8.23. The molecular formula is C18H17ClN6O4. The number of rotatable bonds is 6. The summed E-state index contributed by atoms with van der Waals surface area (Å²) in [6.45, 7) is 3.91. The Balaban J connectivity index is 1.72. The van der Waals surface area contributed by atoms with Crippen molar-refractivity contribution in [3.63, 3.8) is 0 Å². The number of nitrogens with zero attached hydrogens (tertiary/aromatic N) is 5. The van der Waals surface area contributed by atoms with Crippen LogP contribution in [0.15, 0.2) is 41.2 Å². The van der Waals surface area contributed by atoms with E-state index in [0.29, 0.717) is 5.82 Å². The van der Waals surface area contributed by atoms with Gasteiger partial charge in [-0.3, -0.25) is 19.7 Å². The fourth-order valence-corrected chi connectivity index (χ4v) is 2.95. The molecule has 2 heterocycles. The minimum atomic E-state index is -0.610. The van der Waals surface area contributed by atoms with Crippen LogP contribution in [0.4, 0.5) is 5.69 Å². The van der Waals surface area contributed by atoms with Crippen molar-refractivity contribution in [2.75, 3.05) is 6.54 Å². The molecule has 0 aliphatic heterocycles. The highest BCUT2D eigenvalue weighted by atomic mass is 35.5. The summed E-state index contributed by atoms with van der Waals surface area (Å²) in [6, 6.07) is 8.44. The predicted molar refractivity (Wildman–Crippen MR) is 106 cm³/mol. The molecule has 0 saturated carbocycles. The molecule has 0 fully saturated rings. The number of benzene rings is 1. The third kappa shape index (κ3) is 4.49. The minimum Gasteiger partial charge on any atom is -0.350 e. The van der Waals surface area contributed by atoms with Crippen LogP contribution in [0, 0.1) is 24.0 Å². The monoisotopic (exact) mass is 416 g/mol. The second-order valence-corrected chi connectivity index (χ2v) is 6.68. The quantitative estimate of drug-likeness (QED) is 0.484. The SMILES string of the molecule is Cc1cc(C)n(-c2ccc(=O)n(CCNC(=O)c3cc([N+](=O)[O-])ccc3Cl)n2)n1. The fourth-order valence-electron chi connectivity index (χ4n) is 2.74. The summed E-state index contributed by atoms with van der Waals surface area (Å²) in [4.78, 5) is 34.7. The number of aromatic nitrogens is 4. The zero-order chi connectivity index (χ0) is 21.1. The summed E-state index contributed by atoms with van der Waals surface area (Å²) in [7, 11) is 0. The second-order valence-electron chi connectivity index (χ2n) is 6.27. The zero-order valence-electron chi connectivity index (χ0n) is 15.6. The highest BCUT2D eigenvalue weighted by molar-refractivity contribution is 6.33. The lowest BCUT2D eigenvalue weighted by Crippen LogP contribution is -2.32. The van der Waals surface area contributed by atoms with E-state index in [0.717, 1.165) is 17.5 Å². The molecule has 2 aromatic heterocycles. The lowest BCUT2D eigenvalue weighted by molar-refractivity contribution is -0.384. The number of hydrogen-bond acceptors (Lipinski definition) is 6. The Kier molecular flexibility index (Phi) is 5.74. The molecule has 1 amide bonds. The molecule has 1 aromatic carbocycles. The molecule has 0 aliphatic rings. The summed E-state index contributed by atoms with van der Waals surface area (Å²) >= 11 is 5.96. The first-order chi connectivity index (χ1) is 13.8. The number of aryl methyl sites for hydroxylation is 2. The minimum absolute atomic E-state index is 0.0161. The molecule has 0 bridgehead atoms. The molecule has 0 atom stereocenters. The van der Waals surface area contributed by atoms with E-state index in [-0.39, 0.29) is 34.9 Å². The van der Waals surface area contributed by atoms with Crippen molar-refractivity contribution in [1.82, 2.24) is 24.9 Å². The van der Waals surface area contributed by atoms with Crippen LogP contribution < -0.4 is 10.9 Å². The van der Waals surface area contributed by atoms with Gasteiger partial charge in [-0.2, -0.15) is 5.10 Å². The summed E-state index contributed by atoms with van der Waals surface area (Å²) in [6.07, 6.45) is 0. The van der Waals surface area contributed by atoms with E-state index >= 15 is 0 Å². The Hall–Kier alpha value is -3.53. The summed E-state index contributed by atoms with van der Waals surface area (Å²) < 4.78 is 2.83. The number of carbonyl (C=O) groups is 1. The smallest absolute Gasteiger partial charge is 0.270 e. The fraction of sp³-hybridized carbons (Fsp3) is 0.222. The lowest BCUT2D eigenvalue weighted by Gasteiger charge is -2.10. The van der Waals surface area contributed by atoms with Crippen molar-refractivity contribution in [1.29, 1.82) is 0 Å². The first-order valence-electron chi connectivity index (χ1n) is 8.60. The van der Waals surface area contributed by atoms with E-state index in [1.807, 2.05) is 19.9 Å². The Morgan fingerprint density at radius 1 is 1.21 bits per heavy atom. The van der Waals surface area contributed by atoms with Crippen LogP contribution in [0.3, 0.4) is 0 Å². The topological polar surface area (TPSA) is 125 Å². The van der Waals surface area contributed by atoms with E-state index in [4.69, 9.17) is 11.6 Å². The number of hydrogen-bond donors (Lipinski definition) is 1. The van der Waals surface area contributed by atoms with Crippen molar-refractivity contribution < 1.29 is 9.72 Å². The molecule has 3 rings (SSSR count). The van der Waals surface area contributed by atoms with Crippen LogP contribution in [0.2, 0.25) is 5.02 Å². The van der Waals surface area contributed by atoms with Crippen molar-refractivity contribution >= 4 is 23.2 Å². The number of non-ortho nitro benzene ring substituents is 1. The highest BCUT2D eigenvalue weighted by Gasteiger charge is 2.16. The molecule has 150 valence electrons. The van der Waals surface area contributed by atoms with Gasteiger partial charge < -0.3 is 5.32 Å². The standard InChI is InChI=1S/C18H17ClN6O4/c1-11-9-12(2)24(21-11)16-5-6-17(26)23(22-16)8-7-20-18(27)14-10-13(25(28)29)3-4-15(14)19/h3-6,9-10H,7-8H2,1-2H3,(H,20,27). The van der Waals surface area contributed by atoms with Gasteiger partial charge in [0.15, 0.2) is 5.82 Å². The molecule has 3 aromatic rings. The zero-order valence-corrected chi connectivity index (χ0v) is 16.4. The van der Waals surface area contributed by atoms with Gasteiger partial charge in [0.1, 0.15) is 0 Å². The van der Waals surface area contributed by atoms with Crippen molar-refractivity contribution in [2.24, 2.45) is 0 Å². The van der Waals surface area contributed by atoms with Gasteiger partial charge in [-0.1, -0.05) is 11.6 Å². The number of halogens is 1. The molecule has 29 heavy (non-hydrogen) atoms. The van der Waals surface area contributed by atoms with Gasteiger partial charge in [-0.15, -0.1) is 5.10 Å². The molecular weight excluding hydrogens is 400 g/mol. The molecule has 11 heteroatoms. The molecule has 0 radical (unpaired) electrons. The maximum atomic E-state index is 12.3. The molecule has 0 unspecified atom stereocenters. The van der Waals surface area contributed by atoms with Crippen molar-refractivity contribution in [3.05, 3.63) is 78.8 Å². The number of carbonyl (C=O) groups excluding carboxylic acids is 1. The molecule has 10 nitrogen and oxygen atoms in total. The van der Waals surface area contributed by atoms with E-state index in [1.165, 1.54) is 22.9 Å². The van der Waals surface area contributed by atoms with Gasteiger partial charge in [-0.25, -0.2) is 9.36 Å². The van der Waals surface area contributed by atoms with Gasteiger partial charge >= 0.3 is 0 Å². The van der Waals surface area contributed by atoms with E-state index in [9.17, 15) is 19.7 Å². The molecule has 0 aliphatic carbocycles. The number of nitro benzene ring substituents is 1. The third-order valence-corrected chi connectivity index (χ3v) is 4.42. The maximum Gasteiger partial charge on any atom is 0.270 e. The summed E-state index contributed by atoms with van der Waals surface area (Å²) in [5.41, 5.74) is 1.10.